The van der Waals surface area contributed by atoms with Crippen LogP contribution < -0.4 is 4.74 Å². The maximum Gasteiger partial charge on any atom is 0.119 e. The van der Waals surface area contributed by atoms with E-state index in [1.807, 2.05) is 48.5 Å². The lowest BCUT2D eigenvalue weighted by Crippen LogP contribution is -1.79. The van der Waals surface area contributed by atoms with Gasteiger partial charge in [0.25, 0.3) is 0 Å². The van der Waals surface area contributed by atoms with Gasteiger partial charge in [-0.25, -0.2) is 0 Å². The van der Waals surface area contributed by atoms with Gasteiger partial charge in [0.2, 0.25) is 0 Å². The lowest BCUT2D eigenvalue weighted by Gasteiger charge is -1.99. The predicted octanol–water partition coefficient (Wildman–Crippen LogP) is 4.82. The fourth-order valence-electron chi connectivity index (χ4n) is 1.50. The number of methoxy groups -OCH3 is 1. The monoisotopic (exact) mass is 254 g/mol. The molecule has 0 unspecified atom stereocenters. The summed E-state index contributed by atoms with van der Waals surface area (Å²) in [6.45, 7) is 0. The summed E-state index contributed by atoms with van der Waals surface area (Å²) in [7, 11) is 3.25. The number of azo groups is 2. The van der Waals surface area contributed by atoms with Crippen LogP contribution in [0.5, 0.6) is 5.75 Å². The second kappa shape index (κ2) is 6.39. The van der Waals surface area contributed by atoms with E-state index in [0.29, 0.717) is 11.4 Å². The molecule has 0 atom stereocenters. The van der Waals surface area contributed by atoms with Gasteiger partial charge in [0.15, 0.2) is 0 Å². The number of nitrogens with zero attached hydrogens (tertiary/aromatic N) is 4. The van der Waals surface area contributed by atoms with E-state index in [0.717, 1.165) is 11.4 Å². The fourth-order valence-corrected chi connectivity index (χ4v) is 1.50. The molecule has 2 aromatic carbocycles. The molecule has 0 heterocycles. The molecule has 0 aliphatic heterocycles. The van der Waals surface area contributed by atoms with Gasteiger partial charge in [-0.3, -0.25) is 0 Å². The molecular formula is C14H14N4O. The molecule has 0 radical (unpaired) electrons. The fraction of sp³-hybridized carbons (Fsp3) is 0.143. The maximum absolute atomic E-state index is 5.08. The molecule has 2 aromatic rings. The third-order valence-electron chi connectivity index (χ3n) is 2.44. The zero-order valence-corrected chi connectivity index (χ0v) is 10.8. The molecule has 2 rings (SSSR count). The third kappa shape index (κ3) is 3.45. The van der Waals surface area contributed by atoms with Crippen LogP contribution in [-0.4, -0.2) is 14.2 Å². The topological polar surface area (TPSA) is 58.7 Å². The van der Waals surface area contributed by atoms with Crippen LogP contribution in [0.4, 0.5) is 17.1 Å². The zero-order valence-electron chi connectivity index (χ0n) is 10.8. The van der Waals surface area contributed by atoms with Gasteiger partial charge in [-0.05, 0) is 36.4 Å². The summed E-state index contributed by atoms with van der Waals surface area (Å²) in [6.07, 6.45) is 0. The van der Waals surface area contributed by atoms with E-state index in [9.17, 15) is 0 Å². The molecule has 0 saturated carbocycles. The van der Waals surface area contributed by atoms with E-state index in [1.54, 1.807) is 14.2 Å². The number of hydrogen-bond acceptors (Lipinski definition) is 5. The summed E-state index contributed by atoms with van der Waals surface area (Å²) in [4.78, 5) is 0. The summed E-state index contributed by atoms with van der Waals surface area (Å²) >= 11 is 0. The Morgan fingerprint density at radius 2 is 1.42 bits per heavy atom. The third-order valence-corrected chi connectivity index (χ3v) is 2.44. The van der Waals surface area contributed by atoms with Gasteiger partial charge in [0.05, 0.1) is 12.8 Å². The number of rotatable bonds is 4. The molecule has 0 bridgehead atoms. The Hall–Kier alpha value is -2.56. The minimum absolute atomic E-state index is 0.684. The first-order chi connectivity index (χ1) is 9.33. The first-order valence-corrected chi connectivity index (χ1v) is 5.78. The number of benzene rings is 2. The van der Waals surface area contributed by atoms with Crippen LogP contribution in [0.2, 0.25) is 0 Å². The van der Waals surface area contributed by atoms with Crippen LogP contribution in [0.3, 0.4) is 0 Å². The summed E-state index contributed by atoms with van der Waals surface area (Å²) in [5.74, 6) is 0.791. The van der Waals surface area contributed by atoms with E-state index >= 15 is 0 Å². The van der Waals surface area contributed by atoms with Gasteiger partial charge in [0, 0.05) is 7.05 Å². The second-order valence-electron chi connectivity index (χ2n) is 3.69. The summed E-state index contributed by atoms with van der Waals surface area (Å²) in [5.41, 5.74) is 2.13. The molecule has 0 saturated heterocycles. The van der Waals surface area contributed by atoms with Gasteiger partial charge in [-0.15, -0.1) is 5.11 Å². The van der Waals surface area contributed by atoms with Crippen molar-refractivity contribution in [2.45, 2.75) is 0 Å². The van der Waals surface area contributed by atoms with E-state index in [-0.39, 0.29) is 0 Å². The highest BCUT2D eigenvalue weighted by atomic mass is 16.5. The molecule has 0 aromatic heterocycles. The van der Waals surface area contributed by atoms with Crippen LogP contribution in [-0.2, 0) is 0 Å². The standard InChI is InChI=1S/C14H14N4O/c1-15-17-13-5-3-4-6-14(13)18-16-11-7-9-12(19-2)10-8-11/h3-10H,1-2H3. The van der Waals surface area contributed by atoms with Gasteiger partial charge in [-0.2, -0.15) is 15.3 Å². The summed E-state index contributed by atoms with van der Waals surface area (Å²) in [5, 5.41) is 16.1. The molecule has 19 heavy (non-hydrogen) atoms. The minimum atomic E-state index is 0.684. The molecule has 0 N–H and O–H groups in total. The number of ether oxygens (including phenoxy) is 1. The van der Waals surface area contributed by atoms with Crippen molar-refractivity contribution in [3.63, 3.8) is 0 Å². The van der Waals surface area contributed by atoms with Crippen molar-refractivity contribution in [2.75, 3.05) is 14.2 Å². The molecule has 5 nitrogen and oxygen atoms in total. The average Bonchev–Trinajstić information content (AvgIpc) is 2.47. The highest BCUT2D eigenvalue weighted by Gasteiger charge is 1.98. The zero-order chi connectivity index (χ0) is 13.5. The predicted molar refractivity (Wildman–Crippen MR) is 74.1 cm³/mol. The van der Waals surface area contributed by atoms with Crippen LogP contribution in [0.1, 0.15) is 0 Å². The molecule has 0 spiro atoms. The maximum atomic E-state index is 5.08. The lowest BCUT2D eigenvalue weighted by atomic mass is 10.3. The minimum Gasteiger partial charge on any atom is -0.497 e. The highest BCUT2D eigenvalue weighted by Crippen LogP contribution is 2.29. The van der Waals surface area contributed by atoms with Crippen molar-refractivity contribution in [1.29, 1.82) is 0 Å². The normalized spacial score (nSPS) is 11.3. The SMILES string of the molecule is CN=Nc1ccccc1N=Nc1ccc(OC)cc1. The van der Waals surface area contributed by atoms with Crippen molar-refractivity contribution in [2.24, 2.45) is 20.5 Å². The smallest absolute Gasteiger partial charge is 0.119 e. The molecule has 5 heteroatoms. The first kappa shape index (κ1) is 12.9. The largest absolute Gasteiger partial charge is 0.497 e. The Bertz CT molecular complexity index is 591. The average molecular weight is 254 g/mol. The Morgan fingerprint density at radius 1 is 0.789 bits per heavy atom. The van der Waals surface area contributed by atoms with Crippen LogP contribution in [0.25, 0.3) is 0 Å². The van der Waals surface area contributed by atoms with E-state index < -0.39 is 0 Å². The van der Waals surface area contributed by atoms with Gasteiger partial charge < -0.3 is 4.74 Å². The van der Waals surface area contributed by atoms with Crippen LogP contribution in [0.15, 0.2) is 69.0 Å². The lowest BCUT2D eigenvalue weighted by molar-refractivity contribution is 0.415. The van der Waals surface area contributed by atoms with E-state index in [2.05, 4.69) is 20.5 Å². The van der Waals surface area contributed by atoms with Crippen molar-refractivity contribution in [1.82, 2.24) is 0 Å². The van der Waals surface area contributed by atoms with E-state index in [1.165, 1.54) is 0 Å². The highest BCUT2D eigenvalue weighted by molar-refractivity contribution is 5.60. The van der Waals surface area contributed by atoms with Crippen molar-refractivity contribution < 1.29 is 4.74 Å². The molecule has 0 amide bonds. The summed E-state index contributed by atoms with van der Waals surface area (Å²) in [6, 6.07) is 14.8. The van der Waals surface area contributed by atoms with Crippen molar-refractivity contribution in [3.8, 4) is 5.75 Å². The van der Waals surface area contributed by atoms with Gasteiger partial charge in [-0.1, -0.05) is 12.1 Å². The Kier molecular flexibility index (Phi) is 4.34. The van der Waals surface area contributed by atoms with Crippen molar-refractivity contribution >= 4 is 17.1 Å². The molecular weight excluding hydrogens is 240 g/mol. The van der Waals surface area contributed by atoms with Crippen LogP contribution >= 0.6 is 0 Å². The molecule has 0 fully saturated rings. The molecule has 0 aliphatic carbocycles. The Balaban J connectivity index is 2.22. The van der Waals surface area contributed by atoms with Gasteiger partial charge >= 0.3 is 0 Å². The Labute approximate surface area is 111 Å². The molecule has 0 aliphatic rings. The van der Waals surface area contributed by atoms with Crippen molar-refractivity contribution in [3.05, 3.63) is 48.5 Å². The summed E-state index contributed by atoms with van der Waals surface area (Å²) < 4.78 is 5.08. The van der Waals surface area contributed by atoms with Gasteiger partial charge in [0.1, 0.15) is 17.1 Å². The quantitative estimate of drug-likeness (QED) is 0.721. The molecule has 96 valence electrons. The second-order valence-corrected chi connectivity index (χ2v) is 3.69. The first-order valence-electron chi connectivity index (χ1n) is 5.78. The Morgan fingerprint density at radius 3 is 2.00 bits per heavy atom. The van der Waals surface area contributed by atoms with Crippen LogP contribution in [0, 0.1) is 0 Å². The number of hydrogen-bond donors (Lipinski definition) is 0. The van der Waals surface area contributed by atoms with E-state index in [4.69, 9.17) is 4.74 Å².